The van der Waals surface area contributed by atoms with Gasteiger partial charge >= 0.3 is 0 Å². The molecule has 4 nitrogen and oxygen atoms in total. The van der Waals surface area contributed by atoms with Crippen molar-refractivity contribution in [2.75, 3.05) is 7.05 Å². The van der Waals surface area contributed by atoms with Gasteiger partial charge in [0.05, 0.1) is 0 Å². The Bertz CT molecular complexity index is 659. The fourth-order valence-electron chi connectivity index (χ4n) is 1.66. The highest BCUT2D eigenvalue weighted by molar-refractivity contribution is 9.10. The van der Waals surface area contributed by atoms with Crippen molar-refractivity contribution in [2.45, 2.75) is 11.4 Å². The topological polar surface area (TPSA) is 50.3 Å². The molecule has 0 aliphatic carbocycles. The van der Waals surface area contributed by atoms with Crippen LogP contribution in [-0.2, 0) is 16.6 Å². The normalized spacial score (nSPS) is 11.7. The largest absolute Gasteiger partial charge is 0.263 e. The predicted octanol–water partition coefficient (Wildman–Crippen LogP) is 2.66. The van der Waals surface area contributed by atoms with Crippen LogP contribution in [0.1, 0.15) is 5.56 Å². The first kappa shape index (κ1) is 14.2. The summed E-state index contributed by atoms with van der Waals surface area (Å²) >= 11 is 3.37. The van der Waals surface area contributed by atoms with E-state index >= 15 is 0 Å². The minimum atomic E-state index is -3.49. The molecule has 0 N–H and O–H groups in total. The highest BCUT2D eigenvalue weighted by Gasteiger charge is 2.20. The lowest BCUT2D eigenvalue weighted by atomic mass is 10.2. The molecule has 19 heavy (non-hydrogen) atoms. The van der Waals surface area contributed by atoms with E-state index in [-0.39, 0.29) is 4.90 Å². The zero-order chi connectivity index (χ0) is 13.9. The quantitative estimate of drug-likeness (QED) is 0.859. The molecule has 2 rings (SSSR count). The maximum absolute atomic E-state index is 12.3. The van der Waals surface area contributed by atoms with E-state index in [1.165, 1.54) is 10.5 Å². The Balaban J connectivity index is 2.23. The fraction of sp³-hybridized carbons (Fsp3) is 0.154. The molecule has 0 aliphatic heterocycles. The first-order valence-corrected chi connectivity index (χ1v) is 7.84. The third-order valence-electron chi connectivity index (χ3n) is 2.64. The Kier molecular flexibility index (Phi) is 4.34. The minimum Gasteiger partial charge on any atom is -0.263 e. The molecular formula is C13H13BrN2O2S. The van der Waals surface area contributed by atoms with Gasteiger partial charge in [0.25, 0.3) is 0 Å². The van der Waals surface area contributed by atoms with Gasteiger partial charge in [0.15, 0.2) is 0 Å². The van der Waals surface area contributed by atoms with Crippen LogP contribution in [0.25, 0.3) is 0 Å². The molecule has 0 saturated heterocycles. The van der Waals surface area contributed by atoms with Gasteiger partial charge in [-0.1, -0.05) is 28.1 Å². The van der Waals surface area contributed by atoms with Crippen molar-refractivity contribution in [1.29, 1.82) is 0 Å². The first-order chi connectivity index (χ1) is 9.00. The van der Waals surface area contributed by atoms with E-state index < -0.39 is 10.0 Å². The van der Waals surface area contributed by atoms with E-state index in [1.54, 1.807) is 25.4 Å². The summed E-state index contributed by atoms with van der Waals surface area (Å²) in [6.07, 6.45) is 2.90. The van der Waals surface area contributed by atoms with E-state index in [1.807, 2.05) is 24.3 Å². The molecule has 100 valence electrons. The van der Waals surface area contributed by atoms with Crippen LogP contribution in [0.3, 0.4) is 0 Å². The SMILES string of the molecule is CN(Cc1cccc(Br)c1)S(=O)(=O)c1cccnc1. The average Bonchev–Trinajstić information content (AvgIpc) is 2.39. The number of aromatic nitrogens is 1. The molecule has 0 saturated carbocycles. The van der Waals surface area contributed by atoms with Gasteiger partial charge in [0.2, 0.25) is 10.0 Å². The first-order valence-electron chi connectivity index (χ1n) is 5.61. The van der Waals surface area contributed by atoms with Gasteiger partial charge in [0.1, 0.15) is 4.90 Å². The van der Waals surface area contributed by atoms with Crippen molar-refractivity contribution >= 4 is 26.0 Å². The van der Waals surface area contributed by atoms with E-state index in [9.17, 15) is 8.42 Å². The van der Waals surface area contributed by atoms with Gasteiger partial charge in [-0.3, -0.25) is 4.98 Å². The van der Waals surface area contributed by atoms with Crippen LogP contribution in [0.4, 0.5) is 0 Å². The van der Waals surface area contributed by atoms with Gasteiger partial charge in [-0.05, 0) is 29.8 Å². The highest BCUT2D eigenvalue weighted by atomic mass is 79.9. The molecule has 0 unspecified atom stereocenters. The lowest BCUT2D eigenvalue weighted by Crippen LogP contribution is -2.26. The van der Waals surface area contributed by atoms with Crippen molar-refractivity contribution < 1.29 is 8.42 Å². The van der Waals surface area contributed by atoms with Crippen molar-refractivity contribution in [2.24, 2.45) is 0 Å². The number of sulfonamides is 1. The second kappa shape index (κ2) is 5.81. The van der Waals surface area contributed by atoms with Gasteiger partial charge in [0, 0.05) is 30.5 Å². The summed E-state index contributed by atoms with van der Waals surface area (Å²) in [6, 6.07) is 10.7. The van der Waals surface area contributed by atoms with Gasteiger partial charge in [-0.2, -0.15) is 4.31 Å². The molecule has 0 amide bonds. The second-order valence-corrected chi connectivity index (χ2v) is 7.04. The Hall–Kier alpha value is -1.24. The van der Waals surface area contributed by atoms with Crippen LogP contribution >= 0.6 is 15.9 Å². The van der Waals surface area contributed by atoms with Crippen LogP contribution in [0.15, 0.2) is 58.2 Å². The van der Waals surface area contributed by atoms with Crippen LogP contribution < -0.4 is 0 Å². The molecule has 0 radical (unpaired) electrons. The maximum atomic E-state index is 12.3. The van der Waals surface area contributed by atoms with Crippen molar-refractivity contribution in [3.63, 3.8) is 0 Å². The Morgan fingerprint density at radius 1 is 1.26 bits per heavy atom. The van der Waals surface area contributed by atoms with Crippen molar-refractivity contribution in [3.8, 4) is 0 Å². The van der Waals surface area contributed by atoms with E-state index in [4.69, 9.17) is 0 Å². The van der Waals surface area contributed by atoms with Gasteiger partial charge < -0.3 is 0 Å². The highest BCUT2D eigenvalue weighted by Crippen LogP contribution is 2.17. The van der Waals surface area contributed by atoms with Crippen molar-refractivity contribution in [3.05, 3.63) is 58.8 Å². The standard InChI is InChI=1S/C13H13BrN2O2S/c1-16(10-11-4-2-5-12(14)8-11)19(17,18)13-6-3-7-15-9-13/h2-9H,10H2,1H3. The molecule has 1 aromatic carbocycles. The Morgan fingerprint density at radius 2 is 2.05 bits per heavy atom. The van der Waals surface area contributed by atoms with Gasteiger partial charge in [-0.15, -0.1) is 0 Å². The van der Waals surface area contributed by atoms with Gasteiger partial charge in [-0.25, -0.2) is 8.42 Å². The van der Waals surface area contributed by atoms with Crippen LogP contribution in [0, 0.1) is 0 Å². The third kappa shape index (κ3) is 3.40. The van der Waals surface area contributed by atoms with Crippen molar-refractivity contribution in [1.82, 2.24) is 9.29 Å². The Labute approximate surface area is 121 Å². The molecule has 2 aromatic rings. The molecule has 0 aliphatic rings. The summed E-state index contributed by atoms with van der Waals surface area (Å²) in [6.45, 7) is 0.316. The predicted molar refractivity (Wildman–Crippen MR) is 77.0 cm³/mol. The molecule has 0 spiro atoms. The molecule has 0 fully saturated rings. The number of benzene rings is 1. The van der Waals surface area contributed by atoms with E-state index in [2.05, 4.69) is 20.9 Å². The summed E-state index contributed by atoms with van der Waals surface area (Å²) < 4.78 is 26.8. The molecule has 1 aromatic heterocycles. The number of hydrogen-bond donors (Lipinski definition) is 0. The Morgan fingerprint density at radius 3 is 2.68 bits per heavy atom. The number of halogens is 1. The third-order valence-corrected chi connectivity index (χ3v) is 4.92. The molecular weight excluding hydrogens is 328 g/mol. The monoisotopic (exact) mass is 340 g/mol. The van der Waals surface area contributed by atoms with E-state index in [0.717, 1.165) is 10.0 Å². The number of pyridine rings is 1. The summed E-state index contributed by atoms with van der Waals surface area (Å²) in [7, 11) is -1.94. The smallest absolute Gasteiger partial charge is 0.244 e. The zero-order valence-electron chi connectivity index (χ0n) is 10.3. The lowest BCUT2D eigenvalue weighted by molar-refractivity contribution is 0.466. The lowest BCUT2D eigenvalue weighted by Gasteiger charge is -2.17. The van der Waals surface area contributed by atoms with Crippen LogP contribution in [0.5, 0.6) is 0 Å². The number of rotatable bonds is 4. The minimum absolute atomic E-state index is 0.201. The fourth-order valence-corrected chi connectivity index (χ4v) is 3.23. The zero-order valence-corrected chi connectivity index (χ0v) is 12.7. The average molecular weight is 341 g/mol. The number of hydrogen-bond acceptors (Lipinski definition) is 3. The second-order valence-electron chi connectivity index (χ2n) is 4.08. The summed E-state index contributed by atoms with van der Waals surface area (Å²) in [4.78, 5) is 4.04. The summed E-state index contributed by atoms with van der Waals surface area (Å²) in [5.41, 5.74) is 0.921. The number of nitrogens with zero attached hydrogens (tertiary/aromatic N) is 2. The molecule has 6 heteroatoms. The summed E-state index contributed by atoms with van der Waals surface area (Å²) in [5, 5.41) is 0. The molecule has 0 bridgehead atoms. The van der Waals surface area contributed by atoms with Crippen LogP contribution in [0.2, 0.25) is 0 Å². The van der Waals surface area contributed by atoms with Crippen LogP contribution in [-0.4, -0.2) is 24.8 Å². The molecule has 0 atom stereocenters. The van der Waals surface area contributed by atoms with E-state index in [0.29, 0.717) is 6.54 Å². The molecule has 1 heterocycles. The maximum Gasteiger partial charge on any atom is 0.244 e. The summed E-state index contributed by atoms with van der Waals surface area (Å²) in [5.74, 6) is 0.